The Morgan fingerprint density at radius 3 is 2.10 bits per heavy atom. The Hall–Kier alpha value is -2.69. The van der Waals surface area contributed by atoms with Gasteiger partial charge in [-0.2, -0.15) is 0 Å². The number of hydrogen-bond donors (Lipinski definition) is 0. The van der Waals surface area contributed by atoms with Gasteiger partial charge in [-0.25, -0.2) is 4.39 Å². The molecule has 5 heteroatoms. The quantitative estimate of drug-likeness (QED) is 0.262. The van der Waals surface area contributed by atoms with E-state index in [9.17, 15) is 14.0 Å². The highest BCUT2D eigenvalue weighted by molar-refractivity contribution is 5.75. The Balaban J connectivity index is 1.41. The number of unbranched alkanes of at least 4 members (excludes halogenated alkanes) is 3. The Kier molecular flexibility index (Phi) is 8.63. The Labute approximate surface area is 183 Å². The standard InChI is InChI=1S/C26H31FO4/c1-2-3-4-5-6-25(28)30-23-17-11-21(12-18-23)26(29)31-24-15-9-20(10-16-24)19-7-13-22(27)14-8-19/h7-10,13-16,21,23H,2-6,11-12,17-18H2,1H3/t21-,23-. The van der Waals surface area contributed by atoms with E-state index in [0.717, 1.165) is 36.8 Å². The number of rotatable bonds is 9. The number of carbonyl (C=O) groups is 2. The van der Waals surface area contributed by atoms with Crippen molar-refractivity contribution >= 4 is 11.9 Å². The van der Waals surface area contributed by atoms with Crippen LogP contribution in [0.5, 0.6) is 5.75 Å². The maximum Gasteiger partial charge on any atom is 0.314 e. The number of ether oxygens (including phenoxy) is 2. The van der Waals surface area contributed by atoms with Crippen LogP contribution in [0.4, 0.5) is 4.39 Å². The summed E-state index contributed by atoms with van der Waals surface area (Å²) in [7, 11) is 0. The van der Waals surface area contributed by atoms with Gasteiger partial charge in [0.25, 0.3) is 0 Å². The summed E-state index contributed by atoms with van der Waals surface area (Å²) in [5, 5.41) is 0. The Morgan fingerprint density at radius 2 is 1.48 bits per heavy atom. The minimum absolute atomic E-state index is 0.0854. The Bertz CT molecular complexity index is 837. The molecular formula is C26H31FO4. The van der Waals surface area contributed by atoms with Crippen LogP contribution in [0.25, 0.3) is 11.1 Å². The van der Waals surface area contributed by atoms with Crippen molar-refractivity contribution in [1.82, 2.24) is 0 Å². The Morgan fingerprint density at radius 1 is 0.871 bits per heavy atom. The normalized spacial score (nSPS) is 18.4. The molecule has 0 amide bonds. The fourth-order valence-corrected chi connectivity index (χ4v) is 3.91. The van der Waals surface area contributed by atoms with Crippen molar-refractivity contribution in [3.63, 3.8) is 0 Å². The van der Waals surface area contributed by atoms with Crippen LogP contribution < -0.4 is 4.74 Å². The second-order valence-electron chi connectivity index (χ2n) is 8.23. The zero-order valence-corrected chi connectivity index (χ0v) is 18.1. The fourth-order valence-electron chi connectivity index (χ4n) is 3.91. The molecule has 0 heterocycles. The molecule has 1 saturated carbocycles. The monoisotopic (exact) mass is 426 g/mol. The molecule has 1 aliphatic carbocycles. The highest BCUT2D eigenvalue weighted by Gasteiger charge is 2.29. The molecule has 0 atom stereocenters. The first-order valence-electron chi connectivity index (χ1n) is 11.3. The lowest BCUT2D eigenvalue weighted by atomic mass is 9.87. The maximum atomic E-state index is 13.1. The van der Waals surface area contributed by atoms with Crippen LogP contribution in [0.3, 0.4) is 0 Å². The van der Waals surface area contributed by atoms with Crippen molar-refractivity contribution in [2.24, 2.45) is 5.92 Å². The average Bonchev–Trinajstić information content (AvgIpc) is 2.78. The molecule has 31 heavy (non-hydrogen) atoms. The number of hydrogen-bond acceptors (Lipinski definition) is 4. The van der Waals surface area contributed by atoms with Crippen LogP contribution >= 0.6 is 0 Å². The van der Waals surface area contributed by atoms with Gasteiger partial charge in [0, 0.05) is 6.42 Å². The second-order valence-corrected chi connectivity index (χ2v) is 8.23. The lowest BCUT2D eigenvalue weighted by Gasteiger charge is -2.27. The summed E-state index contributed by atoms with van der Waals surface area (Å²) in [4.78, 5) is 24.5. The van der Waals surface area contributed by atoms with Crippen molar-refractivity contribution in [2.75, 3.05) is 0 Å². The van der Waals surface area contributed by atoms with Crippen LogP contribution in [-0.2, 0) is 14.3 Å². The molecule has 1 fully saturated rings. The third-order valence-corrected chi connectivity index (χ3v) is 5.79. The molecule has 2 aromatic carbocycles. The summed E-state index contributed by atoms with van der Waals surface area (Å²) < 4.78 is 24.2. The zero-order chi connectivity index (χ0) is 22.1. The van der Waals surface area contributed by atoms with Gasteiger partial charge in [0.1, 0.15) is 17.7 Å². The molecular weight excluding hydrogens is 395 g/mol. The maximum absolute atomic E-state index is 13.1. The third-order valence-electron chi connectivity index (χ3n) is 5.79. The largest absolute Gasteiger partial charge is 0.462 e. The summed E-state index contributed by atoms with van der Waals surface area (Å²) >= 11 is 0. The van der Waals surface area contributed by atoms with Gasteiger partial charge in [-0.05, 0) is 67.5 Å². The number of benzene rings is 2. The first-order valence-corrected chi connectivity index (χ1v) is 11.3. The SMILES string of the molecule is CCCCCCC(=O)O[C@H]1CC[C@H](C(=O)Oc2ccc(-c3ccc(F)cc3)cc2)CC1. The highest BCUT2D eigenvalue weighted by atomic mass is 19.1. The molecule has 3 rings (SSSR count). The van der Waals surface area contributed by atoms with Crippen molar-refractivity contribution in [3.8, 4) is 16.9 Å². The van der Waals surface area contributed by atoms with Gasteiger partial charge in [0.15, 0.2) is 0 Å². The number of esters is 2. The molecule has 0 saturated heterocycles. The fraction of sp³-hybridized carbons (Fsp3) is 0.462. The lowest BCUT2D eigenvalue weighted by Crippen LogP contribution is -2.30. The van der Waals surface area contributed by atoms with E-state index in [-0.39, 0.29) is 29.8 Å². The summed E-state index contributed by atoms with van der Waals surface area (Å²) in [6, 6.07) is 13.5. The second kappa shape index (κ2) is 11.6. The molecule has 0 unspecified atom stereocenters. The highest BCUT2D eigenvalue weighted by Crippen LogP contribution is 2.29. The molecule has 1 aliphatic rings. The third kappa shape index (κ3) is 7.20. The minimum Gasteiger partial charge on any atom is -0.462 e. The summed E-state index contributed by atoms with van der Waals surface area (Å²) in [6.07, 6.45) is 7.37. The van der Waals surface area contributed by atoms with Crippen molar-refractivity contribution in [1.29, 1.82) is 0 Å². The van der Waals surface area contributed by atoms with Crippen LogP contribution in [0.15, 0.2) is 48.5 Å². The van der Waals surface area contributed by atoms with Crippen molar-refractivity contribution in [2.45, 2.75) is 70.8 Å². The summed E-state index contributed by atoms with van der Waals surface area (Å²) in [5.74, 6) is -0.305. The predicted molar refractivity (Wildman–Crippen MR) is 118 cm³/mol. The molecule has 166 valence electrons. The van der Waals surface area contributed by atoms with Crippen LogP contribution in [-0.4, -0.2) is 18.0 Å². The van der Waals surface area contributed by atoms with Crippen molar-refractivity contribution in [3.05, 3.63) is 54.3 Å². The topological polar surface area (TPSA) is 52.6 Å². The van der Waals surface area contributed by atoms with Gasteiger partial charge >= 0.3 is 11.9 Å². The van der Waals surface area contributed by atoms with E-state index >= 15 is 0 Å². The lowest BCUT2D eigenvalue weighted by molar-refractivity contribution is -0.152. The van der Waals surface area contributed by atoms with E-state index < -0.39 is 0 Å². The number of carbonyl (C=O) groups excluding carboxylic acids is 2. The van der Waals surface area contributed by atoms with E-state index in [1.165, 1.54) is 12.1 Å². The molecule has 0 aromatic heterocycles. The zero-order valence-electron chi connectivity index (χ0n) is 18.1. The minimum atomic E-state index is -0.272. The van der Waals surface area contributed by atoms with Gasteiger partial charge in [-0.3, -0.25) is 9.59 Å². The van der Waals surface area contributed by atoms with Gasteiger partial charge in [-0.1, -0.05) is 50.5 Å². The van der Waals surface area contributed by atoms with Gasteiger partial charge in [-0.15, -0.1) is 0 Å². The van der Waals surface area contributed by atoms with Gasteiger partial charge in [0.05, 0.1) is 5.92 Å². The number of halogens is 1. The molecule has 0 N–H and O–H groups in total. The molecule has 0 radical (unpaired) electrons. The van der Waals surface area contributed by atoms with E-state index in [2.05, 4.69) is 6.92 Å². The first kappa shape index (κ1) is 23.0. The summed E-state index contributed by atoms with van der Waals surface area (Å²) in [5.41, 5.74) is 1.83. The average molecular weight is 427 g/mol. The van der Waals surface area contributed by atoms with Crippen LogP contribution in [0.1, 0.15) is 64.7 Å². The van der Waals surface area contributed by atoms with E-state index in [4.69, 9.17) is 9.47 Å². The molecule has 4 nitrogen and oxygen atoms in total. The molecule has 0 spiro atoms. The smallest absolute Gasteiger partial charge is 0.314 e. The van der Waals surface area contributed by atoms with E-state index in [0.29, 0.717) is 37.9 Å². The molecule has 0 bridgehead atoms. The van der Waals surface area contributed by atoms with Gasteiger partial charge < -0.3 is 9.47 Å². The van der Waals surface area contributed by atoms with Crippen LogP contribution in [0, 0.1) is 11.7 Å². The molecule has 0 aliphatic heterocycles. The van der Waals surface area contributed by atoms with E-state index in [1.54, 1.807) is 24.3 Å². The van der Waals surface area contributed by atoms with Gasteiger partial charge in [0.2, 0.25) is 0 Å². The molecule has 2 aromatic rings. The van der Waals surface area contributed by atoms with Crippen LogP contribution in [0.2, 0.25) is 0 Å². The summed E-state index contributed by atoms with van der Waals surface area (Å²) in [6.45, 7) is 2.14. The first-order chi connectivity index (χ1) is 15.0. The van der Waals surface area contributed by atoms with Crippen molar-refractivity contribution < 1.29 is 23.5 Å². The van der Waals surface area contributed by atoms with E-state index in [1.807, 2.05) is 12.1 Å². The predicted octanol–water partition coefficient (Wildman–Crippen LogP) is 6.47.